The molecule has 1 aromatic heterocycles. The summed E-state index contributed by atoms with van der Waals surface area (Å²) in [6.45, 7) is 0.260. The quantitative estimate of drug-likeness (QED) is 0.204. The number of anilines is 1. The lowest BCUT2D eigenvalue weighted by atomic mass is 10.1. The van der Waals surface area contributed by atoms with Crippen LogP contribution in [0, 0.1) is 15.9 Å². The maximum atomic E-state index is 14.1. The molecule has 0 saturated carbocycles. The van der Waals surface area contributed by atoms with Crippen LogP contribution < -0.4 is 10.1 Å². The van der Waals surface area contributed by atoms with Crippen molar-refractivity contribution in [1.82, 2.24) is 9.78 Å². The molecule has 0 saturated heterocycles. The summed E-state index contributed by atoms with van der Waals surface area (Å²) in [5.41, 5.74) is 1.38. The molecule has 0 aliphatic rings. The Hall–Kier alpha value is -3.76. The minimum Gasteiger partial charge on any atom is -0.489 e. The van der Waals surface area contributed by atoms with Crippen LogP contribution in [0.1, 0.15) is 21.5 Å². The molecule has 3 aromatic carbocycles. The van der Waals surface area contributed by atoms with Gasteiger partial charge < -0.3 is 10.1 Å². The number of nitrogens with zero attached hydrogens (tertiary/aromatic N) is 3. The second kappa shape index (κ2) is 10.7. The summed E-state index contributed by atoms with van der Waals surface area (Å²) in [5, 5.41) is 18.1. The van der Waals surface area contributed by atoms with Crippen molar-refractivity contribution < 1.29 is 18.8 Å². The van der Waals surface area contributed by atoms with Crippen molar-refractivity contribution >= 4 is 44.9 Å². The van der Waals surface area contributed by atoms with Gasteiger partial charge in [0.2, 0.25) is 0 Å². The first-order chi connectivity index (χ1) is 16.8. The van der Waals surface area contributed by atoms with Crippen molar-refractivity contribution in [1.29, 1.82) is 0 Å². The minimum absolute atomic E-state index is 0.0263. The Morgan fingerprint density at radius 3 is 2.63 bits per heavy atom. The Bertz CT molecular complexity index is 1370. The normalized spacial score (nSPS) is 10.7. The Morgan fingerprint density at radius 2 is 1.91 bits per heavy atom. The highest BCUT2D eigenvalue weighted by Gasteiger charge is 2.15. The Balaban J connectivity index is 1.41. The lowest BCUT2D eigenvalue weighted by Crippen LogP contribution is -2.14. The first kappa shape index (κ1) is 24.4. The van der Waals surface area contributed by atoms with Crippen LogP contribution in [0.25, 0.3) is 0 Å². The van der Waals surface area contributed by atoms with Gasteiger partial charge in [-0.05, 0) is 57.9 Å². The first-order valence-electron chi connectivity index (χ1n) is 10.2. The Morgan fingerprint density at radius 1 is 1.17 bits per heavy atom. The lowest BCUT2D eigenvalue weighted by Gasteiger charge is -2.08. The number of aromatic nitrogens is 2. The summed E-state index contributed by atoms with van der Waals surface area (Å²) in [5.74, 6) is -0.0931. The number of rotatable bonds is 8. The van der Waals surface area contributed by atoms with E-state index in [4.69, 9.17) is 16.3 Å². The number of non-ortho nitro benzene ring substituents is 1. The zero-order valence-corrected chi connectivity index (χ0v) is 20.3. The van der Waals surface area contributed by atoms with Gasteiger partial charge >= 0.3 is 0 Å². The predicted octanol–water partition coefficient (Wildman–Crippen LogP) is 6.23. The molecular formula is C24H17BrClFN4O4. The van der Waals surface area contributed by atoms with Gasteiger partial charge in [0.05, 0.1) is 15.9 Å². The van der Waals surface area contributed by atoms with E-state index in [1.165, 1.54) is 41.1 Å². The number of hydrogen-bond acceptors (Lipinski definition) is 5. The second-order valence-corrected chi connectivity index (χ2v) is 8.68. The number of nitrogens with one attached hydrogen (secondary N) is 1. The second-order valence-electron chi connectivity index (χ2n) is 7.42. The number of nitro benzene ring substituents is 1. The molecular weight excluding hydrogens is 543 g/mol. The van der Waals surface area contributed by atoms with Crippen LogP contribution in [0.15, 0.2) is 77.4 Å². The highest BCUT2D eigenvalue weighted by Crippen LogP contribution is 2.25. The number of ether oxygens (including phenoxy) is 1. The average Bonchev–Trinajstić information content (AvgIpc) is 3.19. The highest BCUT2D eigenvalue weighted by atomic mass is 79.9. The molecule has 1 N–H and O–H groups in total. The summed E-state index contributed by atoms with van der Waals surface area (Å²) < 4.78 is 21.7. The van der Waals surface area contributed by atoms with Gasteiger partial charge in [-0.2, -0.15) is 5.10 Å². The largest absolute Gasteiger partial charge is 0.489 e. The summed E-state index contributed by atoms with van der Waals surface area (Å²) >= 11 is 9.45. The lowest BCUT2D eigenvalue weighted by molar-refractivity contribution is -0.384. The fourth-order valence-electron chi connectivity index (χ4n) is 3.22. The van der Waals surface area contributed by atoms with E-state index in [1.807, 2.05) is 0 Å². The molecule has 1 amide bonds. The van der Waals surface area contributed by atoms with Crippen LogP contribution >= 0.6 is 27.5 Å². The molecule has 0 aliphatic carbocycles. The standard InChI is InChI=1S/C24H17BrClFN4O4/c25-20-13-30(12-19-21(26)5-2-6-22(19)27)29-23(20)28-24(32)16-4-1-3-15(11-16)14-35-18-9-7-17(8-10-18)31(33)34/h1-11,13H,12,14H2,(H,28,29,32). The monoisotopic (exact) mass is 558 g/mol. The van der Waals surface area contributed by atoms with Crippen LogP contribution in [0.2, 0.25) is 5.02 Å². The molecule has 0 fully saturated rings. The van der Waals surface area contributed by atoms with Crippen molar-refractivity contribution in [3.63, 3.8) is 0 Å². The first-order valence-corrected chi connectivity index (χ1v) is 11.4. The molecule has 1 heterocycles. The van der Waals surface area contributed by atoms with E-state index in [0.717, 1.165) is 5.56 Å². The summed E-state index contributed by atoms with van der Waals surface area (Å²) in [6, 6.07) is 17.0. The molecule has 178 valence electrons. The van der Waals surface area contributed by atoms with Crippen molar-refractivity contribution in [3.8, 4) is 5.75 Å². The van der Waals surface area contributed by atoms with E-state index in [-0.39, 0.29) is 29.7 Å². The van der Waals surface area contributed by atoms with E-state index in [2.05, 4.69) is 26.3 Å². The smallest absolute Gasteiger partial charge is 0.269 e. The Kier molecular flexibility index (Phi) is 7.42. The van der Waals surface area contributed by atoms with Crippen LogP contribution in [0.3, 0.4) is 0 Å². The third-order valence-electron chi connectivity index (χ3n) is 4.97. The fraction of sp³-hybridized carbons (Fsp3) is 0.0833. The molecule has 4 rings (SSSR count). The zero-order chi connectivity index (χ0) is 24.9. The van der Waals surface area contributed by atoms with Gasteiger partial charge in [0, 0.05) is 34.5 Å². The van der Waals surface area contributed by atoms with Gasteiger partial charge in [0.15, 0.2) is 5.82 Å². The molecule has 0 aliphatic heterocycles. The topological polar surface area (TPSA) is 99.3 Å². The van der Waals surface area contributed by atoms with Crippen molar-refractivity contribution in [2.45, 2.75) is 13.2 Å². The van der Waals surface area contributed by atoms with E-state index in [9.17, 15) is 19.3 Å². The van der Waals surface area contributed by atoms with Gasteiger partial charge in [0.1, 0.15) is 18.2 Å². The number of hydrogen-bond donors (Lipinski definition) is 1. The summed E-state index contributed by atoms with van der Waals surface area (Å²) in [4.78, 5) is 23.1. The maximum Gasteiger partial charge on any atom is 0.269 e. The molecule has 0 atom stereocenters. The van der Waals surface area contributed by atoms with Crippen LogP contribution in [-0.4, -0.2) is 20.6 Å². The number of carbonyl (C=O) groups excluding carboxylic acids is 1. The maximum absolute atomic E-state index is 14.1. The zero-order valence-electron chi connectivity index (χ0n) is 18.0. The molecule has 0 bridgehead atoms. The van der Waals surface area contributed by atoms with E-state index < -0.39 is 16.6 Å². The number of benzene rings is 3. The predicted molar refractivity (Wildman–Crippen MR) is 132 cm³/mol. The number of nitro groups is 1. The van der Waals surface area contributed by atoms with Crippen LogP contribution in [0.5, 0.6) is 5.75 Å². The van der Waals surface area contributed by atoms with E-state index in [1.54, 1.807) is 36.5 Å². The van der Waals surface area contributed by atoms with Crippen molar-refractivity contribution in [2.75, 3.05) is 5.32 Å². The fourth-order valence-corrected chi connectivity index (χ4v) is 3.86. The van der Waals surface area contributed by atoms with Crippen LogP contribution in [-0.2, 0) is 13.2 Å². The molecule has 35 heavy (non-hydrogen) atoms. The average molecular weight is 560 g/mol. The van der Waals surface area contributed by atoms with Gasteiger partial charge in [-0.3, -0.25) is 19.6 Å². The van der Waals surface area contributed by atoms with Gasteiger partial charge in [-0.1, -0.05) is 29.8 Å². The summed E-state index contributed by atoms with van der Waals surface area (Å²) in [7, 11) is 0. The molecule has 0 spiro atoms. The summed E-state index contributed by atoms with van der Waals surface area (Å²) in [6.07, 6.45) is 1.62. The van der Waals surface area contributed by atoms with Crippen molar-refractivity contribution in [2.24, 2.45) is 0 Å². The van der Waals surface area contributed by atoms with Crippen molar-refractivity contribution in [3.05, 3.63) is 115 Å². The van der Waals surface area contributed by atoms with Gasteiger partial charge in [-0.15, -0.1) is 0 Å². The van der Waals surface area contributed by atoms with Gasteiger partial charge in [-0.25, -0.2) is 4.39 Å². The van der Waals surface area contributed by atoms with Gasteiger partial charge in [0.25, 0.3) is 11.6 Å². The van der Waals surface area contributed by atoms with E-state index in [0.29, 0.717) is 21.3 Å². The number of carbonyl (C=O) groups is 1. The number of halogens is 3. The third-order valence-corrected chi connectivity index (χ3v) is 5.91. The molecule has 11 heteroatoms. The SMILES string of the molecule is O=C(Nc1nn(Cc2c(F)cccc2Cl)cc1Br)c1cccc(COc2ccc([N+](=O)[O-])cc2)c1. The van der Waals surface area contributed by atoms with E-state index >= 15 is 0 Å². The molecule has 8 nitrogen and oxygen atoms in total. The molecule has 0 unspecified atom stereocenters. The minimum atomic E-state index is -0.484. The van der Waals surface area contributed by atoms with Crippen LogP contribution in [0.4, 0.5) is 15.9 Å². The third kappa shape index (κ3) is 6.03. The Labute approximate surface area is 212 Å². The highest BCUT2D eigenvalue weighted by molar-refractivity contribution is 9.10. The molecule has 4 aromatic rings. The molecule has 0 radical (unpaired) electrons. The number of amides is 1.